The Bertz CT molecular complexity index is 155. The Morgan fingerprint density at radius 1 is 1.80 bits per heavy atom. The molecule has 0 aromatic rings. The summed E-state index contributed by atoms with van der Waals surface area (Å²) >= 11 is 0. The molecular formula is C6H11N3O. The van der Waals surface area contributed by atoms with Crippen LogP contribution in [0.3, 0.4) is 0 Å². The van der Waals surface area contributed by atoms with Crippen LogP contribution in [0.1, 0.15) is 12.8 Å². The minimum Gasteiger partial charge on any atom is -0.330 e. The minimum absolute atomic E-state index is 0.00606. The van der Waals surface area contributed by atoms with Crippen LogP contribution in [0.4, 0.5) is 0 Å². The predicted octanol–water partition coefficient (Wildman–Crippen LogP) is -0.543. The fourth-order valence-electron chi connectivity index (χ4n) is 0.885. The average Bonchev–Trinajstić information content (AvgIpc) is 2.31. The van der Waals surface area contributed by atoms with Crippen molar-refractivity contribution in [2.75, 3.05) is 6.54 Å². The fourth-order valence-corrected chi connectivity index (χ4v) is 0.885. The van der Waals surface area contributed by atoms with Gasteiger partial charge in [0.15, 0.2) is 0 Å². The van der Waals surface area contributed by atoms with E-state index in [2.05, 4.69) is 10.5 Å². The maximum Gasteiger partial charge on any atom is 0.248 e. The lowest BCUT2D eigenvalue weighted by Crippen LogP contribution is -2.20. The van der Waals surface area contributed by atoms with E-state index in [0.29, 0.717) is 6.54 Å². The number of carbonyl (C=O) groups is 1. The minimum atomic E-state index is -0.0384. The number of nitrogens with two attached hydrogens (primary N) is 1. The Hall–Kier alpha value is -0.900. The van der Waals surface area contributed by atoms with Gasteiger partial charge in [0, 0.05) is 6.21 Å². The second-order valence-corrected chi connectivity index (χ2v) is 2.29. The molecule has 1 amide bonds. The van der Waals surface area contributed by atoms with Gasteiger partial charge in [-0.05, 0) is 19.4 Å². The molecular weight excluding hydrogens is 130 g/mol. The van der Waals surface area contributed by atoms with Gasteiger partial charge in [-0.3, -0.25) is 4.79 Å². The summed E-state index contributed by atoms with van der Waals surface area (Å²) in [7, 11) is 0. The monoisotopic (exact) mass is 141 g/mol. The molecule has 0 spiro atoms. The van der Waals surface area contributed by atoms with Crippen LogP contribution in [0.5, 0.6) is 0 Å². The van der Waals surface area contributed by atoms with E-state index in [9.17, 15) is 4.79 Å². The first kappa shape index (κ1) is 7.21. The van der Waals surface area contributed by atoms with Crippen LogP contribution >= 0.6 is 0 Å². The predicted molar refractivity (Wildman–Crippen MR) is 38.4 cm³/mol. The molecule has 3 N–H and O–H groups in total. The van der Waals surface area contributed by atoms with E-state index in [1.54, 1.807) is 6.21 Å². The molecule has 1 atom stereocenters. The van der Waals surface area contributed by atoms with E-state index >= 15 is 0 Å². The van der Waals surface area contributed by atoms with E-state index in [4.69, 9.17) is 5.73 Å². The van der Waals surface area contributed by atoms with Crippen molar-refractivity contribution < 1.29 is 4.79 Å². The molecule has 0 saturated heterocycles. The van der Waals surface area contributed by atoms with E-state index in [1.165, 1.54) is 0 Å². The van der Waals surface area contributed by atoms with E-state index < -0.39 is 0 Å². The molecule has 0 radical (unpaired) electrons. The maximum absolute atomic E-state index is 10.8. The quantitative estimate of drug-likeness (QED) is 0.554. The fraction of sp³-hybridized carbons (Fsp3) is 0.667. The van der Waals surface area contributed by atoms with E-state index in [0.717, 1.165) is 12.8 Å². The van der Waals surface area contributed by atoms with Gasteiger partial charge in [-0.25, -0.2) is 5.43 Å². The molecule has 1 rings (SSSR count). The van der Waals surface area contributed by atoms with Gasteiger partial charge in [-0.2, -0.15) is 5.10 Å². The second-order valence-electron chi connectivity index (χ2n) is 2.29. The van der Waals surface area contributed by atoms with Crippen molar-refractivity contribution >= 4 is 12.1 Å². The van der Waals surface area contributed by atoms with Crippen molar-refractivity contribution in [1.82, 2.24) is 5.43 Å². The first-order valence-electron chi connectivity index (χ1n) is 3.37. The SMILES string of the molecule is NCCCC1C=NNC1=O. The first-order chi connectivity index (χ1) is 4.84. The number of nitrogens with one attached hydrogen (secondary N) is 1. The molecule has 1 aliphatic rings. The standard InChI is InChI=1S/C6H11N3O/c7-3-1-2-5-4-8-9-6(5)10/h4-5H,1-3,7H2,(H,9,10). The van der Waals surface area contributed by atoms with Gasteiger partial charge in [0.2, 0.25) is 5.91 Å². The Kier molecular flexibility index (Phi) is 2.39. The van der Waals surface area contributed by atoms with Gasteiger partial charge in [0.25, 0.3) is 0 Å². The van der Waals surface area contributed by atoms with Gasteiger partial charge in [-0.15, -0.1) is 0 Å². The first-order valence-corrected chi connectivity index (χ1v) is 3.37. The molecule has 10 heavy (non-hydrogen) atoms. The number of hydrogen-bond acceptors (Lipinski definition) is 3. The third-order valence-electron chi connectivity index (χ3n) is 1.49. The van der Waals surface area contributed by atoms with Crippen LogP contribution in [0.25, 0.3) is 0 Å². The highest BCUT2D eigenvalue weighted by Gasteiger charge is 2.19. The molecule has 0 saturated carbocycles. The van der Waals surface area contributed by atoms with Crippen molar-refractivity contribution in [2.45, 2.75) is 12.8 Å². The summed E-state index contributed by atoms with van der Waals surface area (Å²) in [6.45, 7) is 0.637. The van der Waals surface area contributed by atoms with Gasteiger partial charge in [-0.1, -0.05) is 0 Å². The summed E-state index contributed by atoms with van der Waals surface area (Å²) < 4.78 is 0. The summed E-state index contributed by atoms with van der Waals surface area (Å²) in [6.07, 6.45) is 3.33. The Balaban J connectivity index is 2.27. The maximum atomic E-state index is 10.8. The van der Waals surface area contributed by atoms with Gasteiger partial charge in [0.1, 0.15) is 0 Å². The highest BCUT2D eigenvalue weighted by Crippen LogP contribution is 2.06. The van der Waals surface area contributed by atoms with Crippen LogP contribution in [0.15, 0.2) is 5.10 Å². The molecule has 1 heterocycles. The highest BCUT2D eigenvalue weighted by atomic mass is 16.2. The van der Waals surface area contributed by atoms with Crippen LogP contribution in [0.2, 0.25) is 0 Å². The number of hydrazone groups is 1. The van der Waals surface area contributed by atoms with Crippen LogP contribution in [-0.4, -0.2) is 18.7 Å². The van der Waals surface area contributed by atoms with Crippen LogP contribution in [-0.2, 0) is 4.79 Å². The molecule has 0 aliphatic carbocycles. The van der Waals surface area contributed by atoms with Gasteiger partial charge < -0.3 is 5.73 Å². The smallest absolute Gasteiger partial charge is 0.248 e. The van der Waals surface area contributed by atoms with E-state index in [1.807, 2.05) is 0 Å². The third-order valence-corrected chi connectivity index (χ3v) is 1.49. The molecule has 0 aromatic carbocycles. The van der Waals surface area contributed by atoms with E-state index in [-0.39, 0.29) is 11.8 Å². The molecule has 0 aromatic heterocycles. The zero-order valence-corrected chi connectivity index (χ0v) is 5.71. The van der Waals surface area contributed by atoms with Crippen molar-refractivity contribution in [3.8, 4) is 0 Å². The molecule has 56 valence electrons. The lowest BCUT2D eigenvalue weighted by Gasteiger charge is -2.00. The molecule has 0 fully saturated rings. The molecule has 4 heteroatoms. The zero-order chi connectivity index (χ0) is 7.40. The van der Waals surface area contributed by atoms with Crippen LogP contribution < -0.4 is 11.2 Å². The van der Waals surface area contributed by atoms with Crippen LogP contribution in [0, 0.1) is 5.92 Å². The second kappa shape index (κ2) is 3.31. The summed E-state index contributed by atoms with van der Waals surface area (Å²) in [5, 5.41) is 3.63. The molecule has 1 aliphatic heterocycles. The molecule has 1 unspecified atom stereocenters. The van der Waals surface area contributed by atoms with Crippen molar-refractivity contribution in [2.24, 2.45) is 16.8 Å². The topological polar surface area (TPSA) is 67.5 Å². The van der Waals surface area contributed by atoms with Crippen molar-refractivity contribution in [1.29, 1.82) is 0 Å². The van der Waals surface area contributed by atoms with Crippen molar-refractivity contribution in [3.05, 3.63) is 0 Å². The molecule has 0 bridgehead atoms. The number of hydrogen-bond donors (Lipinski definition) is 2. The van der Waals surface area contributed by atoms with Crippen molar-refractivity contribution in [3.63, 3.8) is 0 Å². The number of nitrogens with zero attached hydrogens (tertiary/aromatic N) is 1. The van der Waals surface area contributed by atoms with Gasteiger partial charge in [0.05, 0.1) is 5.92 Å². The Morgan fingerprint density at radius 2 is 2.60 bits per heavy atom. The molecule has 4 nitrogen and oxygen atoms in total. The Labute approximate surface area is 59.5 Å². The van der Waals surface area contributed by atoms with Gasteiger partial charge >= 0.3 is 0 Å². The summed E-state index contributed by atoms with van der Waals surface area (Å²) in [5.74, 6) is -0.0444. The Morgan fingerprint density at radius 3 is 3.10 bits per heavy atom. The zero-order valence-electron chi connectivity index (χ0n) is 5.71. The lowest BCUT2D eigenvalue weighted by atomic mass is 10.1. The summed E-state index contributed by atoms with van der Waals surface area (Å²) in [6, 6.07) is 0. The summed E-state index contributed by atoms with van der Waals surface area (Å²) in [5.41, 5.74) is 7.64. The lowest BCUT2D eigenvalue weighted by molar-refractivity contribution is -0.122. The average molecular weight is 141 g/mol. The summed E-state index contributed by atoms with van der Waals surface area (Å²) in [4.78, 5) is 10.8. The third kappa shape index (κ3) is 1.54. The number of amides is 1. The largest absolute Gasteiger partial charge is 0.330 e. The highest BCUT2D eigenvalue weighted by molar-refractivity contribution is 5.97. The number of rotatable bonds is 3. The normalized spacial score (nSPS) is 23.3. The number of carbonyl (C=O) groups excluding carboxylic acids is 1.